The van der Waals surface area contributed by atoms with Gasteiger partial charge in [0.1, 0.15) is 34.5 Å². The molecule has 0 spiro atoms. The topological polar surface area (TPSA) is 124 Å². The van der Waals surface area contributed by atoms with E-state index in [2.05, 4.69) is 13.8 Å². The van der Waals surface area contributed by atoms with Crippen molar-refractivity contribution in [2.75, 3.05) is 13.2 Å². The maximum atomic E-state index is 13.0. The van der Waals surface area contributed by atoms with Crippen LogP contribution in [0.25, 0.3) is 0 Å². The van der Waals surface area contributed by atoms with Crippen molar-refractivity contribution in [1.29, 1.82) is 0 Å². The Morgan fingerprint density at radius 1 is 0.267 bits per heavy atom. The first-order valence-corrected chi connectivity index (χ1v) is 27.5. The Hall–Kier alpha value is -7.20. The Morgan fingerprint density at radius 2 is 0.480 bits per heavy atom. The molecule has 0 saturated heterocycles. The van der Waals surface area contributed by atoms with E-state index in [4.69, 9.17) is 28.4 Å². The molecule has 0 amide bonds. The normalized spacial score (nSPS) is 10.9. The molecule has 0 aromatic heterocycles. The van der Waals surface area contributed by atoms with Crippen molar-refractivity contribution >= 4 is 23.9 Å². The highest BCUT2D eigenvalue weighted by Gasteiger charge is 2.15. The van der Waals surface area contributed by atoms with Crippen LogP contribution >= 0.6 is 0 Å². The predicted molar refractivity (Wildman–Crippen MR) is 296 cm³/mol. The number of ether oxygens (including phenoxy) is 6. The van der Waals surface area contributed by atoms with E-state index in [0.717, 1.165) is 48.3 Å². The van der Waals surface area contributed by atoms with Gasteiger partial charge < -0.3 is 28.4 Å². The second-order valence-corrected chi connectivity index (χ2v) is 19.2. The lowest BCUT2D eigenvalue weighted by molar-refractivity contribution is 0.0720. The zero-order valence-electron chi connectivity index (χ0n) is 44.2. The number of rotatable bonds is 34. The predicted octanol–water partition coefficient (Wildman–Crippen LogP) is 16.8. The van der Waals surface area contributed by atoms with Crippen LogP contribution in [0.1, 0.15) is 195 Å². The van der Waals surface area contributed by atoms with Gasteiger partial charge >= 0.3 is 23.9 Å². The molecular formula is C65H76O10. The van der Waals surface area contributed by atoms with E-state index in [0.29, 0.717) is 64.9 Å². The van der Waals surface area contributed by atoms with Gasteiger partial charge in [0.15, 0.2) is 0 Å². The fourth-order valence-corrected chi connectivity index (χ4v) is 8.50. The van der Waals surface area contributed by atoms with Crippen molar-refractivity contribution in [3.63, 3.8) is 0 Å². The molecule has 75 heavy (non-hydrogen) atoms. The third kappa shape index (κ3) is 21.3. The van der Waals surface area contributed by atoms with Gasteiger partial charge in [-0.3, -0.25) is 0 Å². The summed E-state index contributed by atoms with van der Waals surface area (Å²) in [5.41, 5.74) is 3.37. The minimum atomic E-state index is -0.546. The molecule has 10 nitrogen and oxygen atoms in total. The molecule has 0 aliphatic rings. The molecule has 0 heterocycles. The second kappa shape index (κ2) is 32.9. The Morgan fingerprint density at radius 3 is 0.733 bits per heavy atom. The molecule has 0 aliphatic carbocycles. The van der Waals surface area contributed by atoms with E-state index in [-0.39, 0.29) is 0 Å². The Labute approximate surface area is 445 Å². The first-order valence-electron chi connectivity index (χ1n) is 27.5. The van der Waals surface area contributed by atoms with Crippen molar-refractivity contribution in [2.24, 2.45) is 0 Å². The quantitative estimate of drug-likeness (QED) is 0.0219. The van der Waals surface area contributed by atoms with Gasteiger partial charge in [-0.2, -0.15) is 0 Å². The molecule has 0 aliphatic heterocycles. The standard InChI is InChI=1S/C65H76O10/c1-3-5-7-9-11-13-15-17-19-21-47-70-56-39-27-52(28-40-56)62(66)74-60-43-31-54(32-44-60)64(68)72-58-35-23-50(24-36-58)49-51-25-37-59(38-26-51)73-65(69)55-33-45-61(46-34-55)75-63(67)53-29-41-57(42-30-53)71-48-22-20-18-16-14-12-10-8-6-4-2/h23-46H,3-22,47-49H2,1-2H3. The average molecular weight is 1020 g/mol. The van der Waals surface area contributed by atoms with E-state index in [1.807, 2.05) is 24.3 Å². The van der Waals surface area contributed by atoms with Gasteiger partial charge in [-0.05, 0) is 152 Å². The lowest BCUT2D eigenvalue weighted by Crippen LogP contribution is -2.10. The molecule has 0 bridgehead atoms. The van der Waals surface area contributed by atoms with Crippen molar-refractivity contribution in [2.45, 2.75) is 149 Å². The van der Waals surface area contributed by atoms with Crippen LogP contribution in [0.15, 0.2) is 146 Å². The lowest BCUT2D eigenvalue weighted by Gasteiger charge is -2.09. The number of benzene rings is 6. The number of unbranched alkanes of at least 4 members (excludes halogenated alkanes) is 18. The summed E-state index contributed by atoms with van der Waals surface area (Å²) in [7, 11) is 0. The van der Waals surface area contributed by atoms with E-state index in [1.165, 1.54) is 103 Å². The molecule has 6 rings (SSSR count). The van der Waals surface area contributed by atoms with Crippen molar-refractivity contribution < 1.29 is 47.6 Å². The maximum Gasteiger partial charge on any atom is 0.343 e. The third-order valence-corrected chi connectivity index (χ3v) is 13.0. The highest BCUT2D eigenvalue weighted by atomic mass is 16.5. The first-order chi connectivity index (χ1) is 36.8. The summed E-state index contributed by atoms with van der Waals surface area (Å²) in [6.45, 7) is 5.79. The van der Waals surface area contributed by atoms with Crippen LogP contribution in [0.3, 0.4) is 0 Å². The van der Waals surface area contributed by atoms with E-state index in [1.54, 1.807) is 121 Å². The minimum Gasteiger partial charge on any atom is -0.494 e. The van der Waals surface area contributed by atoms with Gasteiger partial charge in [0.25, 0.3) is 0 Å². The fourth-order valence-electron chi connectivity index (χ4n) is 8.50. The van der Waals surface area contributed by atoms with Crippen LogP contribution in [-0.2, 0) is 6.42 Å². The molecule has 0 atom stereocenters. The summed E-state index contributed by atoms with van der Waals surface area (Å²) >= 11 is 0. The van der Waals surface area contributed by atoms with E-state index < -0.39 is 23.9 Å². The van der Waals surface area contributed by atoms with Crippen LogP contribution in [0.5, 0.6) is 34.5 Å². The van der Waals surface area contributed by atoms with Gasteiger partial charge in [-0.15, -0.1) is 0 Å². The molecule has 0 fully saturated rings. The van der Waals surface area contributed by atoms with Crippen molar-refractivity contribution in [3.05, 3.63) is 179 Å². The van der Waals surface area contributed by atoms with Gasteiger partial charge in [0.05, 0.1) is 35.5 Å². The van der Waals surface area contributed by atoms with Crippen molar-refractivity contribution in [1.82, 2.24) is 0 Å². The summed E-state index contributed by atoms with van der Waals surface area (Å²) in [5, 5.41) is 0. The molecule has 0 saturated carbocycles. The smallest absolute Gasteiger partial charge is 0.343 e. The largest absolute Gasteiger partial charge is 0.494 e. The van der Waals surface area contributed by atoms with Crippen LogP contribution < -0.4 is 28.4 Å². The van der Waals surface area contributed by atoms with Gasteiger partial charge in [-0.1, -0.05) is 154 Å². The van der Waals surface area contributed by atoms with Gasteiger partial charge in [0.2, 0.25) is 0 Å². The van der Waals surface area contributed by atoms with Crippen molar-refractivity contribution in [3.8, 4) is 34.5 Å². The summed E-state index contributed by atoms with van der Waals surface area (Å²) in [4.78, 5) is 51.5. The molecule has 0 N–H and O–H groups in total. The molecule has 6 aromatic rings. The number of carbonyl (C=O) groups is 4. The minimum absolute atomic E-state index is 0.304. The highest BCUT2D eigenvalue weighted by Crippen LogP contribution is 2.24. The zero-order chi connectivity index (χ0) is 52.7. The van der Waals surface area contributed by atoms with E-state index >= 15 is 0 Å². The molecule has 0 radical (unpaired) electrons. The summed E-state index contributed by atoms with van der Waals surface area (Å²) in [6.07, 6.45) is 26.0. The number of carbonyl (C=O) groups excluding carboxylic acids is 4. The van der Waals surface area contributed by atoms with Gasteiger partial charge in [-0.25, -0.2) is 19.2 Å². The molecular weight excluding hydrogens is 941 g/mol. The third-order valence-electron chi connectivity index (χ3n) is 13.0. The number of hydrogen-bond acceptors (Lipinski definition) is 10. The van der Waals surface area contributed by atoms with Crippen LogP contribution in [0.2, 0.25) is 0 Å². The average Bonchev–Trinajstić information content (AvgIpc) is 3.43. The molecule has 396 valence electrons. The Kier molecular flexibility index (Phi) is 25.0. The first kappa shape index (κ1) is 57.1. The SMILES string of the molecule is CCCCCCCCCCCCOc1ccc(C(=O)Oc2ccc(C(=O)Oc3ccc(Cc4ccc(OC(=O)c5ccc(OC(=O)c6ccc(OCCCCCCCCCCCC)cc6)cc5)cc4)cc3)cc2)cc1. The molecule has 0 unspecified atom stereocenters. The number of esters is 4. The van der Waals surface area contributed by atoms with Gasteiger partial charge in [0, 0.05) is 0 Å². The lowest BCUT2D eigenvalue weighted by atomic mass is 10.0. The van der Waals surface area contributed by atoms with E-state index in [9.17, 15) is 19.2 Å². The second-order valence-electron chi connectivity index (χ2n) is 19.2. The summed E-state index contributed by atoms with van der Waals surface area (Å²) in [5.74, 6) is 0.699. The van der Waals surface area contributed by atoms with Crippen LogP contribution in [0, 0.1) is 0 Å². The number of hydrogen-bond donors (Lipinski definition) is 0. The summed E-state index contributed by atoms with van der Waals surface area (Å²) in [6, 6.07) is 40.7. The molecule has 6 aromatic carbocycles. The maximum absolute atomic E-state index is 13.0. The van der Waals surface area contributed by atoms with Crippen LogP contribution in [-0.4, -0.2) is 37.1 Å². The Balaban J connectivity index is 0.842. The monoisotopic (exact) mass is 1020 g/mol. The van der Waals surface area contributed by atoms with Crippen LogP contribution in [0.4, 0.5) is 0 Å². The molecule has 10 heteroatoms. The summed E-state index contributed by atoms with van der Waals surface area (Å²) < 4.78 is 34.1. The Bertz CT molecular complexity index is 2400. The fraction of sp³-hybridized carbons (Fsp3) is 0.385. The highest BCUT2D eigenvalue weighted by molar-refractivity contribution is 5.94. The zero-order valence-corrected chi connectivity index (χ0v) is 44.2.